The van der Waals surface area contributed by atoms with Crippen LogP contribution in [0.1, 0.15) is 42.0 Å². The number of benzene rings is 1. The van der Waals surface area contributed by atoms with E-state index in [0.717, 1.165) is 18.5 Å². The first-order chi connectivity index (χ1) is 11.1. The molecule has 1 saturated carbocycles. The molecule has 0 unspecified atom stereocenters. The molecule has 0 bridgehead atoms. The Hall–Kier alpha value is -2.14. The molecular formula is C17H19ClN4O. The Morgan fingerprint density at radius 1 is 1.17 bits per heavy atom. The summed E-state index contributed by atoms with van der Waals surface area (Å²) in [6, 6.07) is 9.25. The van der Waals surface area contributed by atoms with Crippen molar-refractivity contribution < 1.29 is 4.79 Å². The number of carbonyl (C=O) groups excluding carboxylic acids is 1. The van der Waals surface area contributed by atoms with Crippen LogP contribution in [0.3, 0.4) is 0 Å². The molecule has 23 heavy (non-hydrogen) atoms. The van der Waals surface area contributed by atoms with E-state index >= 15 is 0 Å². The number of halogens is 1. The molecule has 0 atom stereocenters. The molecule has 1 amide bonds. The summed E-state index contributed by atoms with van der Waals surface area (Å²) in [6.45, 7) is 1.78. The van der Waals surface area contributed by atoms with Gasteiger partial charge in [0.15, 0.2) is 0 Å². The van der Waals surface area contributed by atoms with Gasteiger partial charge in [-0.1, -0.05) is 24.4 Å². The minimum absolute atomic E-state index is 0.137. The molecule has 1 aromatic carbocycles. The summed E-state index contributed by atoms with van der Waals surface area (Å²) in [5.74, 6) is 1.01. The number of hydrogen-bond acceptors (Lipinski definition) is 4. The van der Waals surface area contributed by atoms with Gasteiger partial charge < -0.3 is 10.6 Å². The molecule has 0 aliphatic heterocycles. The van der Waals surface area contributed by atoms with Gasteiger partial charge in [-0.25, -0.2) is 9.97 Å². The van der Waals surface area contributed by atoms with Crippen LogP contribution in [0.25, 0.3) is 0 Å². The third-order valence-electron chi connectivity index (χ3n) is 3.88. The summed E-state index contributed by atoms with van der Waals surface area (Å²) in [5.41, 5.74) is 1.25. The number of nitrogens with one attached hydrogen (secondary N) is 2. The zero-order valence-corrected chi connectivity index (χ0v) is 13.7. The highest BCUT2D eigenvalue weighted by molar-refractivity contribution is 6.30. The smallest absolute Gasteiger partial charge is 0.270 e. The van der Waals surface area contributed by atoms with Gasteiger partial charge in [-0.2, -0.15) is 0 Å². The Bertz CT molecular complexity index is 696. The van der Waals surface area contributed by atoms with Crippen molar-refractivity contribution in [3.8, 4) is 0 Å². The van der Waals surface area contributed by atoms with Gasteiger partial charge in [0.05, 0.1) is 0 Å². The standard InChI is InChI=1S/C17H19ClN4O/c1-11-19-15(17(23)22-13-4-2-3-5-13)10-16(20-11)21-14-8-6-12(18)7-9-14/h6-10,13H,2-5H2,1H3,(H,22,23)(H,19,20,21). The van der Waals surface area contributed by atoms with Crippen LogP contribution in [0.4, 0.5) is 11.5 Å². The van der Waals surface area contributed by atoms with Crippen LogP contribution >= 0.6 is 11.6 Å². The normalized spacial score (nSPS) is 14.7. The highest BCUT2D eigenvalue weighted by atomic mass is 35.5. The largest absolute Gasteiger partial charge is 0.348 e. The number of nitrogens with zero attached hydrogens (tertiary/aromatic N) is 2. The van der Waals surface area contributed by atoms with E-state index in [1.807, 2.05) is 12.1 Å². The van der Waals surface area contributed by atoms with Crippen LogP contribution in [0.5, 0.6) is 0 Å². The molecule has 2 N–H and O–H groups in total. The van der Waals surface area contributed by atoms with Crippen LogP contribution in [-0.2, 0) is 0 Å². The molecule has 2 aromatic rings. The molecule has 5 nitrogen and oxygen atoms in total. The van der Waals surface area contributed by atoms with Gasteiger partial charge in [-0.3, -0.25) is 4.79 Å². The Morgan fingerprint density at radius 3 is 2.57 bits per heavy atom. The van der Waals surface area contributed by atoms with Gasteiger partial charge in [0.25, 0.3) is 5.91 Å². The molecule has 1 aliphatic rings. The number of aromatic nitrogens is 2. The predicted octanol–water partition coefficient (Wildman–Crippen LogP) is 3.85. The molecule has 1 fully saturated rings. The van der Waals surface area contributed by atoms with Crippen LogP contribution < -0.4 is 10.6 Å². The summed E-state index contributed by atoms with van der Waals surface area (Å²) in [7, 11) is 0. The molecule has 3 rings (SSSR count). The number of carbonyl (C=O) groups is 1. The van der Waals surface area contributed by atoms with E-state index in [1.54, 1.807) is 25.1 Å². The highest BCUT2D eigenvalue weighted by Crippen LogP contribution is 2.20. The van der Waals surface area contributed by atoms with Gasteiger partial charge in [-0.15, -0.1) is 0 Å². The molecule has 1 heterocycles. The van der Waals surface area contributed by atoms with E-state index in [-0.39, 0.29) is 11.9 Å². The summed E-state index contributed by atoms with van der Waals surface area (Å²) < 4.78 is 0. The Balaban J connectivity index is 1.75. The predicted molar refractivity (Wildman–Crippen MR) is 91.2 cm³/mol. The number of aryl methyl sites for hydroxylation is 1. The van der Waals surface area contributed by atoms with Gasteiger partial charge in [0.2, 0.25) is 0 Å². The van der Waals surface area contributed by atoms with Crippen molar-refractivity contribution in [3.05, 3.63) is 46.9 Å². The van der Waals surface area contributed by atoms with Gasteiger partial charge in [0, 0.05) is 22.8 Å². The number of anilines is 2. The molecule has 0 radical (unpaired) electrons. The quantitative estimate of drug-likeness (QED) is 0.893. The fourth-order valence-electron chi connectivity index (χ4n) is 2.76. The third kappa shape index (κ3) is 4.20. The molecular weight excluding hydrogens is 312 g/mol. The Morgan fingerprint density at radius 2 is 1.87 bits per heavy atom. The maximum absolute atomic E-state index is 12.4. The topological polar surface area (TPSA) is 66.9 Å². The van der Waals surface area contributed by atoms with Crippen LogP contribution in [0.2, 0.25) is 5.02 Å². The highest BCUT2D eigenvalue weighted by Gasteiger charge is 2.19. The lowest BCUT2D eigenvalue weighted by Gasteiger charge is -2.13. The van der Waals surface area contributed by atoms with Crippen molar-refractivity contribution in [1.82, 2.24) is 15.3 Å². The zero-order chi connectivity index (χ0) is 16.2. The first-order valence-electron chi connectivity index (χ1n) is 7.79. The second-order valence-electron chi connectivity index (χ2n) is 5.77. The molecule has 0 spiro atoms. The van der Waals surface area contributed by atoms with Crippen molar-refractivity contribution in [2.45, 2.75) is 38.6 Å². The Kier molecular flexibility index (Phi) is 4.76. The van der Waals surface area contributed by atoms with Crippen molar-refractivity contribution in [3.63, 3.8) is 0 Å². The first-order valence-corrected chi connectivity index (χ1v) is 8.17. The molecule has 0 saturated heterocycles. The summed E-state index contributed by atoms with van der Waals surface area (Å²) >= 11 is 5.88. The molecule has 1 aliphatic carbocycles. The van der Waals surface area contributed by atoms with E-state index in [2.05, 4.69) is 20.6 Å². The fraction of sp³-hybridized carbons (Fsp3) is 0.353. The van der Waals surface area contributed by atoms with Crippen molar-refractivity contribution in [2.75, 3.05) is 5.32 Å². The minimum atomic E-state index is -0.137. The lowest BCUT2D eigenvalue weighted by molar-refractivity contribution is 0.0932. The maximum Gasteiger partial charge on any atom is 0.270 e. The maximum atomic E-state index is 12.4. The van der Waals surface area contributed by atoms with E-state index in [9.17, 15) is 4.79 Å². The van der Waals surface area contributed by atoms with Crippen molar-refractivity contribution in [2.24, 2.45) is 0 Å². The van der Waals surface area contributed by atoms with Crippen molar-refractivity contribution in [1.29, 1.82) is 0 Å². The van der Waals surface area contributed by atoms with Gasteiger partial charge >= 0.3 is 0 Å². The zero-order valence-electron chi connectivity index (χ0n) is 13.0. The Labute approximate surface area is 140 Å². The molecule has 120 valence electrons. The summed E-state index contributed by atoms with van der Waals surface area (Å²) in [4.78, 5) is 20.9. The number of amides is 1. The second kappa shape index (κ2) is 6.96. The minimum Gasteiger partial charge on any atom is -0.348 e. The average Bonchev–Trinajstić information content (AvgIpc) is 3.02. The SMILES string of the molecule is Cc1nc(Nc2ccc(Cl)cc2)cc(C(=O)NC2CCCC2)n1. The monoisotopic (exact) mass is 330 g/mol. The third-order valence-corrected chi connectivity index (χ3v) is 4.13. The van der Waals surface area contributed by atoms with E-state index < -0.39 is 0 Å². The van der Waals surface area contributed by atoms with Gasteiger partial charge in [0.1, 0.15) is 17.3 Å². The van der Waals surface area contributed by atoms with Crippen molar-refractivity contribution >= 4 is 29.0 Å². The first kappa shape index (κ1) is 15.7. The number of hydrogen-bond donors (Lipinski definition) is 2. The number of rotatable bonds is 4. The van der Waals surface area contributed by atoms with E-state index in [0.29, 0.717) is 22.4 Å². The molecule has 1 aromatic heterocycles. The second-order valence-corrected chi connectivity index (χ2v) is 6.21. The fourth-order valence-corrected chi connectivity index (χ4v) is 2.88. The van der Waals surface area contributed by atoms with Gasteiger partial charge in [-0.05, 0) is 44.0 Å². The lowest BCUT2D eigenvalue weighted by Crippen LogP contribution is -2.33. The van der Waals surface area contributed by atoms with Crippen LogP contribution in [0, 0.1) is 6.92 Å². The van der Waals surface area contributed by atoms with Crippen LogP contribution in [0.15, 0.2) is 30.3 Å². The molecule has 6 heteroatoms. The summed E-state index contributed by atoms with van der Waals surface area (Å²) in [5, 5.41) is 6.89. The van der Waals surface area contributed by atoms with Crippen LogP contribution in [-0.4, -0.2) is 21.9 Å². The lowest BCUT2D eigenvalue weighted by atomic mass is 10.2. The summed E-state index contributed by atoms with van der Waals surface area (Å²) in [6.07, 6.45) is 4.45. The van der Waals surface area contributed by atoms with E-state index in [1.165, 1.54) is 12.8 Å². The average molecular weight is 331 g/mol. The van der Waals surface area contributed by atoms with E-state index in [4.69, 9.17) is 11.6 Å².